The summed E-state index contributed by atoms with van der Waals surface area (Å²) >= 11 is 0. The van der Waals surface area contributed by atoms with E-state index in [-0.39, 0.29) is 17.5 Å². The number of pyridine rings is 1. The maximum absolute atomic E-state index is 13.8. The number of aromatic nitrogens is 3. The number of aryl methyl sites for hydroxylation is 1. The molecule has 1 aliphatic rings. The van der Waals surface area contributed by atoms with E-state index in [2.05, 4.69) is 34.6 Å². The van der Waals surface area contributed by atoms with Crippen LogP contribution in [0, 0.1) is 6.92 Å². The Morgan fingerprint density at radius 3 is 2.48 bits per heavy atom. The lowest BCUT2D eigenvalue weighted by Gasteiger charge is -2.31. The van der Waals surface area contributed by atoms with Gasteiger partial charge in [0.2, 0.25) is 0 Å². The monoisotopic (exact) mass is 400 g/mol. The van der Waals surface area contributed by atoms with Gasteiger partial charge in [-0.05, 0) is 59.4 Å². The van der Waals surface area contributed by atoms with Crippen LogP contribution in [0.2, 0.25) is 0 Å². The highest BCUT2D eigenvalue weighted by molar-refractivity contribution is 6.06. The van der Waals surface area contributed by atoms with E-state index < -0.39 is 0 Å². The lowest BCUT2D eigenvalue weighted by atomic mass is 10.0. The molecule has 29 heavy (non-hydrogen) atoms. The van der Waals surface area contributed by atoms with Gasteiger partial charge in [-0.3, -0.25) is 4.79 Å². The first kappa shape index (κ1) is 21.8. The van der Waals surface area contributed by atoms with Crippen LogP contribution < -0.4 is 0 Å². The Hall–Kier alpha value is -1.95. The summed E-state index contributed by atoms with van der Waals surface area (Å²) in [5.41, 5.74) is 3.27. The molecule has 0 unspecified atom stereocenters. The predicted molar refractivity (Wildman–Crippen MR) is 117 cm³/mol. The van der Waals surface area contributed by atoms with Crippen molar-refractivity contribution in [3.05, 3.63) is 23.0 Å². The van der Waals surface area contributed by atoms with Crippen molar-refractivity contribution in [2.75, 3.05) is 20.3 Å². The molecule has 1 amide bonds. The van der Waals surface area contributed by atoms with Crippen molar-refractivity contribution in [3.63, 3.8) is 0 Å². The molecule has 160 valence electrons. The molecule has 2 aromatic heterocycles. The fourth-order valence-electron chi connectivity index (χ4n) is 4.06. The largest absolute Gasteiger partial charge is 0.383 e. The van der Waals surface area contributed by atoms with Gasteiger partial charge in [0, 0.05) is 31.3 Å². The highest BCUT2D eigenvalue weighted by Gasteiger charge is 2.32. The highest BCUT2D eigenvalue weighted by Crippen LogP contribution is 2.41. The van der Waals surface area contributed by atoms with Gasteiger partial charge in [-0.2, -0.15) is 5.10 Å². The van der Waals surface area contributed by atoms with E-state index in [1.54, 1.807) is 7.11 Å². The van der Waals surface area contributed by atoms with Crippen molar-refractivity contribution in [2.45, 2.75) is 84.7 Å². The molecule has 0 bridgehead atoms. The van der Waals surface area contributed by atoms with E-state index in [1.807, 2.05) is 22.6 Å². The molecule has 2 heterocycles. The number of fused-ring (bicyclic) bond motifs is 1. The first-order chi connectivity index (χ1) is 13.7. The first-order valence-electron chi connectivity index (χ1n) is 10.9. The zero-order chi connectivity index (χ0) is 21.3. The highest BCUT2D eigenvalue weighted by atomic mass is 16.5. The summed E-state index contributed by atoms with van der Waals surface area (Å²) < 4.78 is 7.29. The summed E-state index contributed by atoms with van der Waals surface area (Å²) in [5, 5.41) is 5.68. The Morgan fingerprint density at radius 2 is 1.97 bits per heavy atom. The van der Waals surface area contributed by atoms with Gasteiger partial charge < -0.3 is 9.64 Å². The number of rotatable bonds is 8. The molecule has 6 nitrogen and oxygen atoms in total. The summed E-state index contributed by atoms with van der Waals surface area (Å²) in [4.78, 5) is 20.8. The number of carbonyl (C=O) groups is 1. The average Bonchev–Trinajstić information content (AvgIpc) is 3.47. The molecule has 1 aliphatic carbocycles. The van der Waals surface area contributed by atoms with Crippen LogP contribution in [0.25, 0.3) is 11.0 Å². The van der Waals surface area contributed by atoms with E-state index >= 15 is 0 Å². The number of nitrogens with zero attached hydrogens (tertiary/aromatic N) is 4. The number of amides is 1. The molecule has 0 saturated heterocycles. The van der Waals surface area contributed by atoms with Crippen molar-refractivity contribution >= 4 is 16.9 Å². The lowest BCUT2D eigenvalue weighted by Crippen LogP contribution is -2.42. The molecule has 6 heteroatoms. The van der Waals surface area contributed by atoms with Crippen LogP contribution in [-0.2, 0) is 10.3 Å². The standard InChI is InChI=1S/C23H36N4O2/c1-8-17(9-2)26(12-13-29-7)22(28)18-14-19(16-10-11-16)24-21-20(18)15(3)25-27(21)23(4,5)6/h14,16-17H,8-13H2,1-7H3. The van der Waals surface area contributed by atoms with Gasteiger partial charge in [0.05, 0.1) is 28.8 Å². The number of hydrogen-bond acceptors (Lipinski definition) is 4. The third-order valence-corrected chi connectivity index (χ3v) is 5.87. The Labute approximate surface area is 174 Å². The smallest absolute Gasteiger partial charge is 0.255 e. The summed E-state index contributed by atoms with van der Waals surface area (Å²) in [6.07, 6.45) is 4.15. The van der Waals surface area contributed by atoms with Gasteiger partial charge >= 0.3 is 0 Å². The SMILES string of the molecule is CCC(CC)N(CCOC)C(=O)c1cc(C2CC2)nc2c1c(C)nn2C(C)(C)C. The molecule has 0 N–H and O–H groups in total. The molecule has 0 aromatic carbocycles. The molecular formula is C23H36N4O2. The maximum Gasteiger partial charge on any atom is 0.255 e. The van der Waals surface area contributed by atoms with Crippen LogP contribution in [0.3, 0.4) is 0 Å². The average molecular weight is 401 g/mol. The van der Waals surface area contributed by atoms with Crippen LogP contribution in [0.1, 0.15) is 88.0 Å². The minimum Gasteiger partial charge on any atom is -0.383 e. The third kappa shape index (κ3) is 4.32. The second-order valence-electron chi connectivity index (χ2n) is 9.20. The fraction of sp³-hybridized carbons (Fsp3) is 0.696. The summed E-state index contributed by atoms with van der Waals surface area (Å²) in [6, 6.07) is 2.23. The van der Waals surface area contributed by atoms with Gasteiger partial charge in [0.15, 0.2) is 5.65 Å². The fourth-order valence-corrected chi connectivity index (χ4v) is 4.06. The van der Waals surface area contributed by atoms with Crippen molar-refractivity contribution < 1.29 is 9.53 Å². The van der Waals surface area contributed by atoms with Gasteiger partial charge in [-0.1, -0.05) is 13.8 Å². The predicted octanol–water partition coefficient (Wildman–Crippen LogP) is 4.65. The Kier molecular flexibility index (Phi) is 6.32. The molecular weight excluding hydrogens is 364 g/mol. The van der Waals surface area contributed by atoms with Crippen LogP contribution in [0.15, 0.2) is 6.07 Å². The summed E-state index contributed by atoms with van der Waals surface area (Å²) in [7, 11) is 1.68. The topological polar surface area (TPSA) is 60.2 Å². The molecule has 2 aromatic rings. The van der Waals surface area contributed by atoms with E-state index in [4.69, 9.17) is 14.8 Å². The van der Waals surface area contributed by atoms with Crippen molar-refractivity contribution in [3.8, 4) is 0 Å². The molecule has 0 atom stereocenters. The van der Waals surface area contributed by atoms with Gasteiger partial charge in [-0.15, -0.1) is 0 Å². The minimum absolute atomic E-state index is 0.0709. The second-order valence-corrected chi connectivity index (χ2v) is 9.20. The normalized spacial score (nSPS) is 14.8. The van der Waals surface area contributed by atoms with Crippen molar-refractivity contribution in [1.29, 1.82) is 0 Å². The molecule has 1 saturated carbocycles. The van der Waals surface area contributed by atoms with Crippen molar-refractivity contribution in [2.24, 2.45) is 0 Å². The molecule has 3 rings (SSSR count). The van der Waals surface area contributed by atoms with E-state index in [0.29, 0.717) is 19.1 Å². The van der Waals surface area contributed by atoms with Gasteiger partial charge in [0.25, 0.3) is 5.91 Å². The molecule has 0 spiro atoms. The lowest BCUT2D eigenvalue weighted by molar-refractivity contribution is 0.0591. The van der Waals surface area contributed by atoms with E-state index in [1.165, 1.54) is 0 Å². The zero-order valence-corrected chi connectivity index (χ0v) is 19.1. The zero-order valence-electron chi connectivity index (χ0n) is 19.1. The number of methoxy groups -OCH3 is 1. The van der Waals surface area contributed by atoms with Gasteiger partial charge in [-0.25, -0.2) is 9.67 Å². The quantitative estimate of drug-likeness (QED) is 0.647. The van der Waals surface area contributed by atoms with E-state index in [0.717, 1.165) is 53.7 Å². The van der Waals surface area contributed by atoms with Crippen LogP contribution in [-0.4, -0.2) is 51.9 Å². The number of carbonyl (C=O) groups excluding carboxylic acids is 1. The van der Waals surface area contributed by atoms with Crippen LogP contribution in [0.5, 0.6) is 0 Å². The number of ether oxygens (including phenoxy) is 1. The van der Waals surface area contributed by atoms with E-state index in [9.17, 15) is 4.79 Å². The van der Waals surface area contributed by atoms with Crippen LogP contribution >= 0.6 is 0 Å². The second kappa shape index (κ2) is 8.42. The Bertz CT molecular complexity index is 873. The van der Waals surface area contributed by atoms with Gasteiger partial charge in [0.1, 0.15) is 0 Å². The summed E-state index contributed by atoms with van der Waals surface area (Å²) in [6.45, 7) is 13.8. The van der Waals surface area contributed by atoms with Crippen LogP contribution in [0.4, 0.5) is 0 Å². The first-order valence-corrected chi connectivity index (χ1v) is 10.9. The number of hydrogen-bond donors (Lipinski definition) is 0. The molecule has 0 aliphatic heterocycles. The Morgan fingerprint density at radius 1 is 1.31 bits per heavy atom. The third-order valence-electron chi connectivity index (χ3n) is 5.87. The minimum atomic E-state index is -0.201. The van der Waals surface area contributed by atoms with Crippen molar-refractivity contribution in [1.82, 2.24) is 19.7 Å². The maximum atomic E-state index is 13.8. The molecule has 0 radical (unpaired) electrons. The Balaban J connectivity index is 2.18. The molecule has 1 fully saturated rings. The summed E-state index contributed by atoms with van der Waals surface area (Å²) in [5.74, 6) is 0.539.